The Bertz CT molecular complexity index is 331. The Morgan fingerprint density at radius 3 is 2.67 bits per heavy atom. The summed E-state index contributed by atoms with van der Waals surface area (Å²) in [5, 5.41) is 0. The quantitative estimate of drug-likeness (QED) is 0.557. The standard InChI is InChI=1S/C12H15NO2/c1-10(2)15-12(14)9-13-8-11-6-4-3-5-7-11/h3-8,10H,9H2,1-2H3. The van der Waals surface area contributed by atoms with Crippen LogP contribution in [0.4, 0.5) is 0 Å². The molecule has 1 aromatic rings. The van der Waals surface area contributed by atoms with E-state index in [1.165, 1.54) is 0 Å². The van der Waals surface area contributed by atoms with Gasteiger partial charge < -0.3 is 4.74 Å². The van der Waals surface area contributed by atoms with Crippen molar-refractivity contribution in [2.45, 2.75) is 20.0 Å². The van der Waals surface area contributed by atoms with E-state index in [1.54, 1.807) is 6.21 Å². The van der Waals surface area contributed by atoms with Crippen LogP contribution < -0.4 is 0 Å². The fourth-order valence-electron chi connectivity index (χ4n) is 1.06. The number of esters is 1. The molecule has 1 aromatic carbocycles. The molecule has 0 aliphatic heterocycles. The Morgan fingerprint density at radius 1 is 1.40 bits per heavy atom. The summed E-state index contributed by atoms with van der Waals surface area (Å²) in [6, 6.07) is 9.64. The van der Waals surface area contributed by atoms with E-state index in [0.29, 0.717) is 0 Å². The summed E-state index contributed by atoms with van der Waals surface area (Å²) in [6.07, 6.45) is 1.59. The first-order chi connectivity index (χ1) is 7.18. The first-order valence-corrected chi connectivity index (χ1v) is 4.93. The molecule has 0 aliphatic carbocycles. The van der Waals surface area contributed by atoms with Crippen LogP contribution in [0.3, 0.4) is 0 Å². The minimum Gasteiger partial charge on any atom is -0.462 e. The number of ether oxygens (including phenoxy) is 1. The number of hydrogen-bond acceptors (Lipinski definition) is 3. The summed E-state index contributed by atoms with van der Waals surface area (Å²) < 4.78 is 4.94. The number of aliphatic imine (C=N–C) groups is 1. The molecule has 0 bridgehead atoms. The first kappa shape index (κ1) is 11.4. The number of rotatable bonds is 4. The topological polar surface area (TPSA) is 38.7 Å². The summed E-state index contributed by atoms with van der Waals surface area (Å²) in [5.74, 6) is -0.294. The van der Waals surface area contributed by atoms with Gasteiger partial charge in [0.15, 0.2) is 0 Å². The first-order valence-electron chi connectivity index (χ1n) is 4.93. The zero-order valence-electron chi connectivity index (χ0n) is 9.01. The number of benzene rings is 1. The van der Waals surface area contributed by atoms with Gasteiger partial charge in [-0.3, -0.25) is 9.79 Å². The molecule has 0 aliphatic rings. The second-order valence-electron chi connectivity index (χ2n) is 3.42. The summed E-state index contributed by atoms with van der Waals surface area (Å²) in [5.41, 5.74) is 0.981. The summed E-state index contributed by atoms with van der Waals surface area (Å²) in [7, 11) is 0. The Balaban J connectivity index is 2.37. The Hall–Kier alpha value is -1.64. The molecule has 0 fully saturated rings. The Kier molecular flexibility index (Phi) is 4.54. The molecule has 0 N–H and O–H groups in total. The molecule has 0 amide bonds. The highest BCUT2D eigenvalue weighted by atomic mass is 16.5. The van der Waals surface area contributed by atoms with Crippen molar-refractivity contribution in [1.29, 1.82) is 0 Å². The minimum absolute atomic E-state index is 0.0765. The predicted octanol–water partition coefficient (Wildman–Crippen LogP) is 2.06. The van der Waals surface area contributed by atoms with E-state index in [2.05, 4.69) is 4.99 Å². The van der Waals surface area contributed by atoms with Gasteiger partial charge in [0.05, 0.1) is 6.10 Å². The van der Waals surface area contributed by atoms with E-state index in [9.17, 15) is 4.79 Å². The van der Waals surface area contributed by atoms with Crippen LogP contribution in [0.2, 0.25) is 0 Å². The van der Waals surface area contributed by atoms with Gasteiger partial charge in [-0.15, -0.1) is 0 Å². The number of carbonyl (C=O) groups is 1. The number of hydrogen-bond donors (Lipinski definition) is 0. The van der Waals surface area contributed by atoms with E-state index in [-0.39, 0.29) is 18.6 Å². The van der Waals surface area contributed by atoms with Crippen molar-refractivity contribution in [1.82, 2.24) is 0 Å². The summed E-state index contributed by atoms with van der Waals surface area (Å²) in [4.78, 5) is 15.1. The van der Waals surface area contributed by atoms with Gasteiger partial charge in [-0.05, 0) is 19.4 Å². The molecule has 0 radical (unpaired) electrons. The van der Waals surface area contributed by atoms with Crippen molar-refractivity contribution in [3.8, 4) is 0 Å². The highest BCUT2D eigenvalue weighted by molar-refractivity contribution is 5.82. The molecule has 0 atom stereocenters. The van der Waals surface area contributed by atoms with Crippen molar-refractivity contribution in [2.24, 2.45) is 4.99 Å². The second kappa shape index (κ2) is 5.96. The molecule has 0 spiro atoms. The van der Waals surface area contributed by atoms with Gasteiger partial charge in [0.1, 0.15) is 6.54 Å². The van der Waals surface area contributed by atoms with Gasteiger partial charge in [-0.2, -0.15) is 0 Å². The van der Waals surface area contributed by atoms with E-state index < -0.39 is 0 Å². The van der Waals surface area contributed by atoms with Crippen molar-refractivity contribution in [3.63, 3.8) is 0 Å². The molecule has 0 aromatic heterocycles. The molecule has 0 saturated carbocycles. The number of nitrogens with zero attached hydrogens (tertiary/aromatic N) is 1. The van der Waals surface area contributed by atoms with Crippen LogP contribution in [0, 0.1) is 0 Å². The fourth-order valence-corrected chi connectivity index (χ4v) is 1.06. The zero-order valence-corrected chi connectivity index (χ0v) is 9.01. The zero-order chi connectivity index (χ0) is 11.1. The number of carbonyl (C=O) groups excluding carboxylic acids is 1. The van der Waals surface area contributed by atoms with Crippen LogP contribution in [-0.2, 0) is 9.53 Å². The lowest BCUT2D eigenvalue weighted by molar-refractivity contribution is -0.145. The van der Waals surface area contributed by atoms with E-state index in [0.717, 1.165) is 5.56 Å². The molecule has 0 saturated heterocycles. The van der Waals surface area contributed by atoms with Crippen molar-refractivity contribution in [2.75, 3.05) is 6.54 Å². The average Bonchev–Trinajstić information content (AvgIpc) is 2.18. The molecule has 0 heterocycles. The molecule has 1 rings (SSSR count). The normalized spacial score (nSPS) is 10.9. The maximum absolute atomic E-state index is 11.1. The van der Waals surface area contributed by atoms with Gasteiger partial charge in [-0.25, -0.2) is 0 Å². The maximum Gasteiger partial charge on any atom is 0.327 e. The summed E-state index contributed by atoms with van der Waals surface area (Å²) >= 11 is 0. The van der Waals surface area contributed by atoms with Crippen LogP contribution >= 0.6 is 0 Å². The second-order valence-corrected chi connectivity index (χ2v) is 3.42. The van der Waals surface area contributed by atoms with Crippen LogP contribution in [0.15, 0.2) is 35.3 Å². The Labute approximate surface area is 89.8 Å². The van der Waals surface area contributed by atoms with Gasteiger partial charge in [-0.1, -0.05) is 30.3 Å². The van der Waals surface area contributed by atoms with E-state index in [1.807, 2.05) is 44.2 Å². The molecule has 15 heavy (non-hydrogen) atoms. The minimum atomic E-state index is -0.294. The van der Waals surface area contributed by atoms with Gasteiger partial charge in [0.2, 0.25) is 0 Å². The SMILES string of the molecule is CC(C)OC(=O)CN=Cc1ccccc1. The van der Waals surface area contributed by atoms with Crippen LogP contribution in [0.1, 0.15) is 19.4 Å². The molecule has 80 valence electrons. The maximum atomic E-state index is 11.1. The largest absolute Gasteiger partial charge is 0.462 e. The lowest BCUT2D eigenvalue weighted by Gasteiger charge is -2.04. The average molecular weight is 205 g/mol. The molecule has 0 unspecified atom stereocenters. The molecule has 3 nitrogen and oxygen atoms in total. The highest BCUT2D eigenvalue weighted by Crippen LogP contribution is 1.94. The Morgan fingerprint density at radius 2 is 2.07 bits per heavy atom. The van der Waals surface area contributed by atoms with Gasteiger partial charge in [0.25, 0.3) is 0 Å². The van der Waals surface area contributed by atoms with E-state index in [4.69, 9.17) is 4.74 Å². The van der Waals surface area contributed by atoms with Crippen molar-refractivity contribution < 1.29 is 9.53 Å². The van der Waals surface area contributed by atoms with Gasteiger partial charge in [0, 0.05) is 6.21 Å². The third-order valence-electron chi connectivity index (χ3n) is 1.63. The molecule has 3 heteroatoms. The van der Waals surface area contributed by atoms with Crippen LogP contribution in [-0.4, -0.2) is 24.8 Å². The van der Waals surface area contributed by atoms with Crippen molar-refractivity contribution in [3.05, 3.63) is 35.9 Å². The third-order valence-corrected chi connectivity index (χ3v) is 1.63. The predicted molar refractivity (Wildman–Crippen MR) is 60.1 cm³/mol. The monoisotopic (exact) mass is 205 g/mol. The van der Waals surface area contributed by atoms with E-state index >= 15 is 0 Å². The smallest absolute Gasteiger partial charge is 0.327 e. The summed E-state index contributed by atoms with van der Waals surface area (Å²) in [6.45, 7) is 3.71. The lowest BCUT2D eigenvalue weighted by Crippen LogP contribution is -2.13. The van der Waals surface area contributed by atoms with Gasteiger partial charge >= 0.3 is 5.97 Å². The highest BCUT2D eigenvalue weighted by Gasteiger charge is 2.02. The molecular weight excluding hydrogens is 190 g/mol. The lowest BCUT2D eigenvalue weighted by atomic mass is 10.2. The van der Waals surface area contributed by atoms with Crippen molar-refractivity contribution >= 4 is 12.2 Å². The third kappa shape index (κ3) is 4.96. The molecular formula is C12H15NO2. The van der Waals surface area contributed by atoms with Crippen LogP contribution in [0.5, 0.6) is 0 Å². The van der Waals surface area contributed by atoms with Crippen LogP contribution in [0.25, 0.3) is 0 Å². The fraction of sp³-hybridized carbons (Fsp3) is 0.333.